The zero-order valence-corrected chi connectivity index (χ0v) is 16.4. The fraction of sp³-hybridized carbons (Fsp3) is 0.150. The molecule has 0 radical (unpaired) electrons. The number of halogens is 1. The van der Waals surface area contributed by atoms with Crippen molar-refractivity contribution in [3.8, 4) is 0 Å². The summed E-state index contributed by atoms with van der Waals surface area (Å²) in [6.45, 7) is 0.696. The Labute approximate surface area is 165 Å². The Kier molecular flexibility index (Phi) is 6.38. The number of hydrogen-bond donors (Lipinski definition) is 2. The van der Waals surface area contributed by atoms with Crippen molar-refractivity contribution in [3.63, 3.8) is 0 Å². The topological polar surface area (TPSA) is 76.1 Å². The van der Waals surface area contributed by atoms with E-state index in [0.717, 1.165) is 32.6 Å². The highest BCUT2D eigenvalue weighted by Gasteiger charge is 2.06. The number of methoxy groups -OCH3 is 1. The predicted molar refractivity (Wildman–Crippen MR) is 111 cm³/mol. The second-order valence-electron chi connectivity index (χ2n) is 5.73. The van der Waals surface area contributed by atoms with Gasteiger partial charge in [0.1, 0.15) is 12.1 Å². The van der Waals surface area contributed by atoms with E-state index in [0.29, 0.717) is 13.0 Å². The summed E-state index contributed by atoms with van der Waals surface area (Å²) in [5.74, 6) is 0.397. The molecule has 0 unspecified atom stereocenters. The molecule has 0 aliphatic carbocycles. The maximum atomic E-state index is 11.0. The standard InChI is InChI=1S/C20H19BrN4O2/c1-27-19(26)7-2-3-10-22-15-8-9-18-17(12-15)20(24-13-23-18)25-16-6-4-5-14(21)11-16/h2,4-9,11-13,22H,3,10H2,1H3,(H,23,24,25)/b7-2+. The lowest BCUT2D eigenvalue weighted by Gasteiger charge is -2.11. The number of nitrogens with zero attached hydrogens (tertiary/aromatic N) is 2. The van der Waals surface area contributed by atoms with Gasteiger partial charge < -0.3 is 15.4 Å². The van der Waals surface area contributed by atoms with Crippen molar-refractivity contribution in [2.75, 3.05) is 24.3 Å². The van der Waals surface area contributed by atoms with E-state index in [2.05, 4.69) is 41.3 Å². The van der Waals surface area contributed by atoms with Crippen molar-refractivity contribution in [2.24, 2.45) is 0 Å². The minimum atomic E-state index is -0.346. The highest BCUT2D eigenvalue weighted by atomic mass is 79.9. The minimum absolute atomic E-state index is 0.346. The number of nitrogens with one attached hydrogen (secondary N) is 2. The maximum absolute atomic E-state index is 11.0. The van der Waals surface area contributed by atoms with Crippen LogP contribution in [0.4, 0.5) is 17.2 Å². The van der Waals surface area contributed by atoms with E-state index in [1.54, 1.807) is 12.4 Å². The van der Waals surface area contributed by atoms with E-state index in [4.69, 9.17) is 0 Å². The van der Waals surface area contributed by atoms with Gasteiger partial charge in [0, 0.05) is 33.9 Å². The molecule has 0 aliphatic heterocycles. The average molecular weight is 427 g/mol. The summed E-state index contributed by atoms with van der Waals surface area (Å²) < 4.78 is 5.56. The number of rotatable bonds is 7. The molecule has 3 aromatic rings. The van der Waals surface area contributed by atoms with Gasteiger partial charge >= 0.3 is 5.97 Å². The van der Waals surface area contributed by atoms with E-state index in [1.165, 1.54) is 13.2 Å². The number of carbonyl (C=O) groups is 1. The zero-order chi connectivity index (χ0) is 19.1. The van der Waals surface area contributed by atoms with Gasteiger partial charge in [0.05, 0.1) is 12.6 Å². The molecule has 0 spiro atoms. The number of fused-ring (bicyclic) bond motifs is 1. The van der Waals surface area contributed by atoms with Crippen LogP contribution in [-0.2, 0) is 9.53 Å². The Morgan fingerprint density at radius 3 is 2.89 bits per heavy atom. The highest BCUT2D eigenvalue weighted by Crippen LogP contribution is 2.26. The smallest absolute Gasteiger partial charge is 0.330 e. The van der Waals surface area contributed by atoms with Crippen LogP contribution in [0.1, 0.15) is 6.42 Å². The first kappa shape index (κ1) is 18.8. The quantitative estimate of drug-likeness (QED) is 0.324. The molecule has 0 saturated heterocycles. The molecular formula is C20H19BrN4O2. The van der Waals surface area contributed by atoms with Crippen LogP contribution < -0.4 is 10.6 Å². The lowest BCUT2D eigenvalue weighted by Crippen LogP contribution is -2.02. The number of ether oxygens (including phenoxy) is 1. The summed E-state index contributed by atoms with van der Waals surface area (Å²) in [6.07, 6.45) is 5.47. The first-order valence-electron chi connectivity index (χ1n) is 8.41. The second kappa shape index (κ2) is 9.14. The van der Waals surface area contributed by atoms with Gasteiger partial charge in [0.25, 0.3) is 0 Å². The molecular weight excluding hydrogens is 408 g/mol. The summed E-state index contributed by atoms with van der Waals surface area (Å²) >= 11 is 3.47. The lowest BCUT2D eigenvalue weighted by atomic mass is 10.2. The SMILES string of the molecule is COC(=O)/C=C/CCNc1ccc2ncnc(Nc3cccc(Br)c3)c2c1. The van der Waals surface area contributed by atoms with Crippen LogP contribution >= 0.6 is 15.9 Å². The van der Waals surface area contributed by atoms with Crippen LogP contribution in [0, 0.1) is 0 Å². The first-order chi connectivity index (χ1) is 13.2. The Bertz CT molecular complexity index is 975. The fourth-order valence-electron chi connectivity index (χ4n) is 2.52. The number of esters is 1. The molecule has 0 aliphatic rings. The average Bonchev–Trinajstić information content (AvgIpc) is 2.68. The van der Waals surface area contributed by atoms with Crippen LogP contribution in [-0.4, -0.2) is 29.6 Å². The Hall–Kier alpha value is -2.93. The fourth-order valence-corrected chi connectivity index (χ4v) is 2.92. The summed E-state index contributed by atoms with van der Waals surface area (Å²) in [7, 11) is 1.36. The van der Waals surface area contributed by atoms with Crippen LogP contribution in [0.2, 0.25) is 0 Å². The summed E-state index contributed by atoms with van der Waals surface area (Å²) in [4.78, 5) is 19.8. The monoisotopic (exact) mass is 426 g/mol. The lowest BCUT2D eigenvalue weighted by molar-refractivity contribution is -0.134. The van der Waals surface area contributed by atoms with Gasteiger partial charge in [-0.3, -0.25) is 0 Å². The van der Waals surface area contributed by atoms with E-state index in [-0.39, 0.29) is 5.97 Å². The van der Waals surface area contributed by atoms with Crippen molar-refractivity contribution in [3.05, 3.63) is 65.4 Å². The van der Waals surface area contributed by atoms with Gasteiger partial charge in [-0.15, -0.1) is 0 Å². The van der Waals surface area contributed by atoms with Crippen LogP contribution in [0.25, 0.3) is 10.9 Å². The largest absolute Gasteiger partial charge is 0.466 e. The predicted octanol–water partition coefficient (Wildman–Crippen LogP) is 4.67. The number of aromatic nitrogens is 2. The molecule has 0 fully saturated rings. The van der Waals surface area contributed by atoms with Gasteiger partial charge in [-0.25, -0.2) is 14.8 Å². The second-order valence-corrected chi connectivity index (χ2v) is 6.65. The summed E-state index contributed by atoms with van der Waals surface area (Å²) in [5.41, 5.74) is 2.76. The van der Waals surface area contributed by atoms with Crippen molar-refractivity contribution < 1.29 is 9.53 Å². The first-order valence-corrected chi connectivity index (χ1v) is 9.21. The van der Waals surface area contributed by atoms with Gasteiger partial charge in [0.2, 0.25) is 0 Å². The molecule has 0 saturated carbocycles. The Morgan fingerprint density at radius 1 is 1.19 bits per heavy atom. The molecule has 0 bridgehead atoms. The van der Waals surface area contributed by atoms with Gasteiger partial charge in [-0.2, -0.15) is 0 Å². The number of hydrogen-bond acceptors (Lipinski definition) is 6. The van der Waals surface area contributed by atoms with Gasteiger partial charge in [0.15, 0.2) is 0 Å². The number of carbonyl (C=O) groups excluding carboxylic acids is 1. The van der Waals surface area contributed by atoms with Crippen molar-refractivity contribution >= 4 is 50.0 Å². The third-order valence-electron chi connectivity index (χ3n) is 3.82. The molecule has 6 nitrogen and oxygen atoms in total. The molecule has 2 aromatic carbocycles. The molecule has 7 heteroatoms. The minimum Gasteiger partial charge on any atom is -0.466 e. The van der Waals surface area contributed by atoms with E-state index in [9.17, 15) is 4.79 Å². The molecule has 1 heterocycles. The summed E-state index contributed by atoms with van der Waals surface area (Å²) in [5, 5.41) is 7.60. The Morgan fingerprint density at radius 2 is 2.07 bits per heavy atom. The van der Waals surface area contributed by atoms with Gasteiger partial charge in [-0.05, 0) is 42.8 Å². The third kappa shape index (κ3) is 5.27. The molecule has 0 amide bonds. The third-order valence-corrected chi connectivity index (χ3v) is 4.31. The van der Waals surface area contributed by atoms with E-state index < -0.39 is 0 Å². The summed E-state index contributed by atoms with van der Waals surface area (Å²) in [6, 6.07) is 13.8. The number of benzene rings is 2. The van der Waals surface area contributed by atoms with Crippen molar-refractivity contribution in [1.29, 1.82) is 0 Å². The molecule has 27 heavy (non-hydrogen) atoms. The molecule has 0 atom stereocenters. The van der Waals surface area contributed by atoms with Crippen molar-refractivity contribution in [2.45, 2.75) is 6.42 Å². The molecule has 1 aromatic heterocycles. The van der Waals surface area contributed by atoms with Crippen LogP contribution in [0.3, 0.4) is 0 Å². The maximum Gasteiger partial charge on any atom is 0.330 e. The van der Waals surface area contributed by atoms with Crippen molar-refractivity contribution in [1.82, 2.24) is 9.97 Å². The van der Waals surface area contributed by atoms with E-state index in [1.807, 2.05) is 42.5 Å². The normalized spacial score (nSPS) is 10.9. The van der Waals surface area contributed by atoms with Crippen LogP contribution in [0.15, 0.2) is 65.4 Å². The zero-order valence-electron chi connectivity index (χ0n) is 14.8. The van der Waals surface area contributed by atoms with Crippen LogP contribution in [0.5, 0.6) is 0 Å². The van der Waals surface area contributed by atoms with E-state index >= 15 is 0 Å². The Balaban J connectivity index is 1.73. The highest BCUT2D eigenvalue weighted by molar-refractivity contribution is 9.10. The molecule has 3 rings (SSSR count). The molecule has 2 N–H and O–H groups in total. The van der Waals surface area contributed by atoms with Gasteiger partial charge in [-0.1, -0.05) is 28.1 Å². The number of anilines is 3. The molecule has 138 valence electrons.